The maximum atomic E-state index is 13.3. The van der Waals surface area contributed by atoms with Gasteiger partial charge in [0.25, 0.3) is 0 Å². The van der Waals surface area contributed by atoms with Crippen LogP contribution in [0.2, 0.25) is 0 Å². The van der Waals surface area contributed by atoms with E-state index >= 15 is 0 Å². The number of rotatable bonds is 6. The van der Waals surface area contributed by atoms with E-state index in [2.05, 4.69) is 5.32 Å². The van der Waals surface area contributed by atoms with Gasteiger partial charge in [-0.2, -0.15) is 0 Å². The Kier molecular flexibility index (Phi) is 5.04. The Labute approximate surface area is 106 Å². The maximum absolute atomic E-state index is 13.3. The van der Waals surface area contributed by atoms with Crippen LogP contribution in [0.5, 0.6) is 5.75 Å². The monoisotopic (exact) mass is 259 g/mol. The van der Waals surface area contributed by atoms with Gasteiger partial charge in [-0.25, -0.2) is 8.78 Å². The first kappa shape index (κ1) is 14.9. The molecule has 0 bridgehead atoms. The number of aliphatic hydroxyl groups is 1. The van der Waals surface area contributed by atoms with Crippen molar-refractivity contribution in [1.29, 1.82) is 0 Å². The van der Waals surface area contributed by atoms with Crippen LogP contribution in [0.1, 0.15) is 20.8 Å². The summed E-state index contributed by atoms with van der Waals surface area (Å²) in [5, 5.41) is 12.4. The lowest BCUT2D eigenvalue weighted by atomic mass is 10.0. The van der Waals surface area contributed by atoms with Gasteiger partial charge in [0.05, 0.1) is 12.1 Å². The quantitative estimate of drug-likeness (QED) is 0.822. The van der Waals surface area contributed by atoms with Crippen molar-refractivity contribution in [3.05, 3.63) is 29.8 Å². The van der Waals surface area contributed by atoms with E-state index < -0.39 is 22.9 Å². The molecule has 1 unspecified atom stereocenters. The molecule has 102 valence electrons. The molecule has 1 aromatic carbocycles. The van der Waals surface area contributed by atoms with Gasteiger partial charge < -0.3 is 15.2 Å². The molecule has 1 rings (SSSR count). The zero-order valence-corrected chi connectivity index (χ0v) is 10.8. The number of hydrogen-bond donors (Lipinski definition) is 2. The minimum atomic E-state index is -0.750. The Balaban J connectivity index is 2.74. The molecule has 18 heavy (non-hydrogen) atoms. The number of hydrogen-bond acceptors (Lipinski definition) is 3. The van der Waals surface area contributed by atoms with Crippen LogP contribution in [0.4, 0.5) is 8.78 Å². The summed E-state index contributed by atoms with van der Waals surface area (Å²) in [7, 11) is 0. The van der Waals surface area contributed by atoms with Crippen molar-refractivity contribution in [3.63, 3.8) is 0 Å². The first-order chi connectivity index (χ1) is 8.38. The lowest BCUT2D eigenvalue weighted by Gasteiger charge is -2.30. The van der Waals surface area contributed by atoms with E-state index in [1.165, 1.54) is 6.07 Å². The van der Waals surface area contributed by atoms with Crippen LogP contribution in [-0.4, -0.2) is 29.9 Å². The molecule has 0 radical (unpaired) electrons. The molecular formula is C13H19F2NO2. The molecule has 0 amide bonds. The summed E-state index contributed by atoms with van der Waals surface area (Å²) in [6.45, 7) is 5.34. The van der Waals surface area contributed by atoms with E-state index in [1.54, 1.807) is 6.92 Å². The van der Waals surface area contributed by atoms with E-state index in [9.17, 15) is 13.9 Å². The molecule has 0 aliphatic heterocycles. The highest BCUT2D eigenvalue weighted by Crippen LogP contribution is 2.22. The second-order valence-electron chi connectivity index (χ2n) is 4.86. The zero-order chi connectivity index (χ0) is 13.8. The van der Waals surface area contributed by atoms with Gasteiger partial charge in [-0.05, 0) is 19.1 Å². The van der Waals surface area contributed by atoms with E-state index in [1.807, 2.05) is 13.8 Å². The highest BCUT2D eigenvalue weighted by atomic mass is 19.1. The van der Waals surface area contributed by atoms with Crippen LogP contribution in [0.3, 0.4) is 0 Å². The van der Waals surface area contributed by atoms with Gasteiger partial charge in [-0.3, -0.25) is 0 Å². The molecule has 1 aromatic rings. The molecular weight excluding hydrogens is 240 g/mol. The second-order valence-corrected chi connectivity index (χ2v) is 4.86. The number of ether oxygens (including phenoxy) is 1. The standard InChI is InChI=1S/C13H19F2NO2/c1-9(2)16-13(3,7-17)8-18-12-10(14)5-4-6-11(12)15/h4-6,9,16-17H,7-8H2,1-3H3. The molecule has 0 aliphatic carbocycles. The van der Waals surface area contributed by atoms with Gasteiger partial charge in [-0.15, -0.1) is 0 Å². The first-order valence-corrected chi connectivity index (χ1v) is 5.83. The third-order valence-electron chi connectivity index (χ3n) is 2.44. The lowest BCUT2D eigenvalue weighted by Crippen LogP contribution is -2.53. The summed E-state index contributed by atoms with van der Waals surface area (Å²) in [4.78, 5) is 0. The summed E-state index contributed by atoms with van der Waals surface area (Å²) >= 11 is 0. The molecule has 0 fully saturated rings. The van der Waals surface area contributed by atoms with E-state index in [0.29, 0.717) is 0 Å². The molecule has 5 heteroatoms. The topological polar surface area (TPSA) is 41.5 Å². The average molecular weight is 259 g/mol. The van der Waals surface area contributed by atoms with Crippen molar-refractivity contribution in [2.24, 2.45) is 0 Å². The first-order valence-electron chi connectivity index (χ1n) is 5.83. The number of nitrogens with one attached hydrogen (secondary N) is 1. The van der Waals surface area contributed by atoms with Gasteiger partial charge in [0.1, 0.15) is 6.61 Å². The van der Waals surface area contributed by atoms with Crippen LogP contribution >= 0.6 is 0 Å². The lowest BCUT2D eigenvalue weighted by molar-refractivity contribution is 0.104. The molecule has 0 saturated carbocycles. The Morgan fingerprint density at radius 1 is 1.33 bits per heavy atom. The van der Waals surface area contributed by atoms with Crippen LogP contribution in [0.15, 0.2) is 18.2 Å². The predicted octanol–water partition coefficient (Wildman–Crippen LogP) is 2.09. The van der Waals surface area contributed by atoms with Crippen molar-refractivity contribution < 1.29 is 18.6 Å². The minimum Gasteiger partial charge on any atom is -0.486 e. The number of halogens is 2. The number of para-hydroxylation sites is 1. The van der Waals surface area contributed by atoms with Crippen LogP contribution in [-0.2, 0) is 0 Å². The van der Waals surface area contributed by atoms with Crippen molar-refractivity contribution in [2.45, 2.75) is 32.4 Å². The third-order valence-corrected chi connectivity index (χ3v) is 2.44. The fraction of sp³-hybridized carbons (Fsp3) is 0.538. The summed E-state index contributed by atoms with van der Waals surface area (Å²) in [6.07, 6.45) is 0. The smallest absolute Gasteiger partial charge is 0.190 e. The molecule has 0 saturated heterocycles. The predicted molar refractivity (Wildman–Crippen MR) is 65.6 cm³/mol. The summed E-state index contributed by atoms with van der Waals surface area (Å²) in [5.74, 6) is -1.91. The molecule has 0 aliphatic rings. The summed E-state index contributed by atoms with van der Waals surface area (Å²) in [5.41, 5.74) is -0.747. The van der Waals surface area contributed by atoms with Crippen molar-refractivity contribution >= 4 is 0 Å². The van der Waals surface area contributed by atoms with Crippen LogP contribution in [0.25, 0.3) is 0 Å². The molecule has 0 aromatic heterocycles. The molecule has 3 nitrogen and oxygen atoms in total. The molecule has 1 atom stereocenters. The highest BCUT2D eigenvalue weighted by Gasteiger charge is 2.26. The zero-order valence-electron chi connectivity index (χ0n) is 10.8. The Morgan fingerprint density at radius 3 is 2.33 bits per heavy atom. The summed E-state index contributed by atoms with van der Waals surface area (Å²) < 4.78 is 31.8. The van der Waals surface area contributed by atoms with E-state index in [4.69, 9.17) is 4.74 Å². The minimum absolute atomic E-state index is 0.0282. The normalized spacial score (nSPS) is 14.6. The number of benzene rings is 1. The maximum Gasteiger partial charge on any atom is 0.190 e. The SMILES string of the molecule is CC(C)NC(C)(CO)COc1c(F)cccc1F. The van der Waals surface area contributed by atoms with Crippen molar-refractivity contribution in [2.75, 3.05) is 13.2 Å². The van der Waals surface area contributed by atoms with Gasteiger partial charge >= 0.3 is 0 Å². The van der Waals surface area contributed by atoms with Gasteiger partial charge in [-0.1, -0.05) is 19.9 Å². The van der Waals surface area contributed by atoms with Gasteiger partial charge in [0.2, 0.25) is 0 Å². The molecule has 0 heterocycles. The fourth-order valence-corrected chi connectivity index (χ4v) is 1.68. The molecule has 2 N–H and O–H groups in total. The van der Waals surface area contributed by atoms with E-state index in [-0.39, 0.29) is 19.3 Å². The Morgan fingerprint density at radius 2 is 1.89 bits per heavy atom. The van der Waals surface area contributed by atoms with Crippen LogP contribution < -0.4 is 10.1 Å². The van der Waals surface area contributed by atoms with Crippen LogP contribution in [0, 0.1) is 11.6 Å². The Hall–Kier alpha value is -1.20. The van der Waals surface area contributed by atoms with Crippen molar-refractivity contribution in [3.8, 4) is 5.75 Å². The Bertz CT molecular complexity index is 378. The van der Waals surface area contributed by atoms with E-state index in [0.717, 1.165) is 12.1 Å². The third kappa shape index (κ3) is 3.92. The van der Waals surface area contributed by atoms with Gasteiger partial charge in [0, 0.05) is 6.04 Å². The number of aliphatic hydroxyl groups excluding tert-OH is 1. The highest BCUT2D eigenvalue weighted by molar-refractivity contribution is 5.26. The average Bonchev–Trinajstić information content (AvgIpc) is 2.27. The van der Waals surface area contributed by atoms with Crippen molar-refractivity contribution in [1.82, 2.24) is 5.32 Å². The van der Waals surface area contributed by atoms with Gasteiger partial charge in [0.15, 0.2) is 17.4 Å². The largest absolute Gasteiger partial charge is 0.486 e. The second kappa shape index (κ2) is 6.11. The fourth-order valence-electron chi connectivity index (χ4n) is 1.68. The molecule has 0 spiro atoms. The summed E-state index contributed by atoms with van der Waals surface area (Å²) in [6, 6.07) is 3.65.